The molecule has 1 fully saturated rings. The summed E-state index contributed by atoms with van der Waals surface area (Å²) in [5.41, 5.74) is 2.81. The average Bonchev–Trinajstić information content (AvgIpc) is 3.01. The molecule has 6 heteroatoms. The molecular weight excluding hydrogens is 425 g/mol. The van der Waals surface area contributed by atoms with Gasteiger partial charge in [-0.3, -0.25) is 10.2 Å². The molecule has 3 nitrogen and oxygen atoms in total. The number of hydrogen-bond donors (Lipinski definition) is 1. The van der Waals surface area contributed by atoms with E-state index in [0.717, 1.165) is 35.2 Å². The van der Waals surface area contributed by atoms with Gasteiger partial charge in [-0.05, 0) is 48.6 Å². The minimum absolute atomic E-state index is 0.0358. The van der Waals surface area contributed by atoms with Crippen LogP contribution in [0, 0.1) is 0 Å². The number of hydrazine groups is 1. The van der Waals surface area contributed by atoms with Gasteiger partial charge in [0.05, 0.1) is 0 Å². The second kappa shape index (κ2) is 10.9. The van der Waals surface area contributed by atoms with Gasteiger partial charge < -0.3 is 0 Å². The molecule has 1 aliphatic heterocycles. The van der Waals surface area contributed by atoms with E-state index in [1.807, 2.05) is 18.2 Å². The van der Waals surface area contributed by atoms with Gasteiger partial charge >= 0.3 is 6.18 Å². The van der Waals surface area contributed by atoms with E-state index in [4.69, 9.17) is 0 Å². The van der Waals surface area contributed by atoms with E-state index >= 15 is 0 Å². The van der Waals surface area contributed by atoms with Gasteiger partial charge in [0.15, 0.2) is 6.04 Å². The normalized spacial score (nSPS) is 17.5. The highest BCUT2D eigenvalue weighted by Crippen LogP contribution is 2.45. The molecule has 1 atom stereocenters. The molecule has 2 aromatic carbocycles. The summed E-state index contributed by atoms with van der Waals surface area (Å²) in [6, 6.07) is 8.91. The molecule has 0 spiro atoms. The Morgan fingerprint density at radius 1 is 0.939 bits per heavy atom. The first kappa shape index (κ1) is 25.5. The highest BCUT2D eigenvalue weighted by molar-refractivity contribution is 5.89. The lowest BCUT2D eigenvalue weighted by Crippen LogP contribution is -2.51. The summed E-state index contributed by atoms with van der Waals surface area (Å²) in [4.78, 5) is 12.0. The molecule has 2 aromatic rings. The topological polar surface area (TPSA) is 32.3 Å². The minimum atomic E-state index is -4.53. The number of aryl methyl sites for hydroxylation is 1. The van der Waals surface area contributed by atoms with Crippen LogP contribution in [0.4, 0.5) is 13.2 Å². The Kier molecular flexibility index (Phi) is 8.43. The molecule has 33 heavy (non-hydrogen) atoms. The SMILES string of the molecule is CCCCCCCCCCc1ccc([C@H](N2NC(=O)CC2(C)C)C(F)(F)F)c2ccccc12. The second-order valence-electron chi connectivity index (χ2n) is 9.92. The second-order valence-corrected chi connectivity index (χ2v) is 9.92. The summed E-state index contributed by atoms with van der Waals surface area (Å²) in [5, 5.41) is 2.57. The van der Waals surface area contributed by atoms with E-state index in [-0.39, 0.29) is 17.9 Å². The van der Waals surface area contributed by atoms with Crippen LogP contribution in [-0.4, -0.2) is 22.6 Å². The number of unbranched alkanes of at least 4 members (excludes halogenated alkanes) is 7. The number of carbonyl (C=O) groups excluding carboxylic acids is 1. The predicted octanol–water partition coefficient (Wildman–Crippen LogP) is 7.64. The number of nitrogens with zero attached hydrogens (tertiary/aromatic N) is 1. The predicted molar refractivity (Wildman–Crippen MR) is 128 cm³/mol. The third-order valence-corrected chi connectivity index (χ3v) is 6.70. The van der Waals surface area contributed by atoms with Crippen LogP contribution in [0.1, 0.15) is 95.7 Å². The first-order valence-electron chi connectivity index (χ1n) is 12.3. The first-order chi connectivity index (χ1) is 15.6. The third kappa shape index (κ3) is 6.28. The molecule has 1 amide bonds. The van der Waals surface area contributed by atoms with Crippen molar-refractivity contribution in [2.45, 2.75) is 103 Å². The fraction of sp³-hybridized carbons (Fsp3) is 0.593. The van der Waals surface area contributed by atoms with Crippen LogP contribution in [0.15, 0.2) is 36.4 Å². The zero-order chi connectivity index (χ0) is 24.1. The number of alkyl halides is 3. The van der Waals surface area contributed by atoms with Crippen LogP contribution >= 0.6 is 0 Å². The van der Waals surface area contributed by atoms with E-state index in [9.17, 15) is 18.0 Å². The van der Waals surface area contributed by atoms with Crippen LogP contribution in [0.3, 0.4) is 0 Å². The van der Waals surface area contributed by atoms with Crippen LogP contribution in [0.2, 0.25) is 0 Å². The number of amides is 1. The lowest BCUT2D eigenvalue weighted by molar-refractivity contribution is -0.203. The van der Waals surface area contributed by atoms with Gasteiger partial charge in [0.25, 0.3) is 0 Å². The van der Waals surface area contributed by atoms with Crippen LogP contribution < -0.4 is 5.43 Å². The van der Waals surface area contributed by atoms with Crippen LogP contribution in [-0.2, 0) is 11.2 Å². The van der Waals surface area contributed by atoms with Crippen molar-refractivity contribution < 1.29 is 18.0 Å². The third-order valence-electron chi connectivity index (χ3n) is 6.70. The number of hydrogen-bond acceptors (Lipinski definition) is 2. The highest BCUT2D eigenvalue weighted by Gasteiger charge is 2.53. The number of nitrogens with one attached hydrogen (secondary N) is 1. The fourth-order valence-corrected chi connectivity index (χ4v) is 4.97. The van der Waals surface area contributed by atoms with Crippen molar-refractivity contribution in [3.8, 4) is 0 Å². The van der Waals surface area contributed by atoms with Gasteiger partial charge in [-0.1, -0.05) is 88.3 Å². The largest absolute Gasteiger partial charge is 0.409 e. The first-order valence-corrected chi connectivity index (χ1v) is 12.3. The smallest absolute Gasteiger partial charge is 0.287 e. The van der Waals surface area contributed by atoms with E-state index < -0.39 is 17.8 Å². The van der Waals surface area contributed by atoms with Crippen molar-refractivity contribution in [2.75, 3.05) is 0 Å². The summed E-state index contributed by atoms with van der Waals surface area (Å²) in [5.74, 6) is -0.384. The van der Waals surface area contributed by atoms with Crippen molar-refractivity contribution in [3.05, 3.63) is 47.5 Å². The van der Waals surface area contributed by atoms with E-state index in [1.54, 1.807) is 32.0 Å². The van der Waals surface area contributed by atoms with Gasteiger partial charge in [-0.2, -0.15) is 18.2 Å². The van der Waals surface area contributed by atoms with Crippen molar-refractivity contribution in [3.63, 3.8) is 0 Å². The maximum atomic E-state index is 14.4. The standard InChI is InChI=1S/C27H37F3N2O/c1-4-5-6-7-8-9-10-11-14-20-17-18-23(22-16-13-12-15-21(20)22)25(27(28,29)30)32-26(2,3)19-24(33)31-32/h12-13,15-18,25H,4-11,14,19H2,1-3H3,(H,31,33)/t25-/m0/s1. The van der Waals surface area contributed by atoms with Gasteiger partial charge in [-0.25, -0.2) is 0 Å². The van der Waals surface area contributed by atoms with Crippen molar-refractivity contribution >= 4 is 16.7 Å². The Bertz CT molecular complexity index is 939. The quantitative estimate of drug-likeness (QED) is 0.348. The molecular formula is C27H37F3N2O. The van der Waals surface area contributed by atoms with E-state index in [2.05, 4.69) is 12.3 Å². The molecule has 1 saturated heterocycles. The lowest BCUT2D eigenvalue weighted by atomic mass is 9.90. The highest BCUT2D eigenvalue weighted by atomic mass is 19.4. The van der Waals surface area contributed by atoms with Crippen LogP contribution in [0.25, 0.3) is 10.8 Å². The maximum Gasteiger partial charge on any atom is 0.409 e. The van der Waals surface area contributed by atoms with Gasteiger partial charge in [0.2, 0.25) is 5.91 Å². The molecule has 0 aromatic heterocycles. The number of carbonyl (C=O) groups is 1. The Hall–Kier alpha value is -2.08. The number of rotatable bonds is 11. The summed E-state index contributed by atoms with van der Waals surface area (Å²) >= 11 is 0. The molecule has 3 rings (SSSR count). The Morgan fingerprint density at radius 2 is 1.55 bits per heavy atom. The Balaban J connectivity index is 1.81. The van der Waals surface area contributed by atoms with Crippen molar-refractivity contribution in [2.24, 2.45) is 0 Å². The molecule has 1 aliphatic rings. The number of halogens is 3. The van der Waals surface area contributed by atoms with Gasteiger partial charge in [0, 0.05) is 12.0 Å². The molecule has 0 bridgehead atoms. The average molecular weight is 463 g/mol. The summed E-state index contributed by atoms with van der Waals surface area (Å²) in [6.07, 6.45) is 6.14. The molecule has 0 aliphatic carbocycles. The molecule has 0 radical (unpaired) electrons. The Labute approximate surface area is 195 Å². The van der Waals surface area contributed by atoms with Gasteiger partial charge in [0.1, 0.15) is 0 Å². The van der Waals surface area contributed by atoms with E-state index in [1.165, 1.54) is 38.5 Å². The number of fused-ring (bicyclic) bond motifs is 1. The Morgan fingerprint density at radius 3 is 2.12 bits per heavy atom. The fourth-order valence-electron chi connectivity index (χ4n) is 4.97. The van der Waals surface area contributed by atoms with Crippen LogP contribution in [0.5, 0.6) is 0 Å². The van der Waals surface area contributed by atoms with Crippen molar-refractivity contribution in [1.82, 2.24) is 10.4 Å². The molecule has 1 N–H and O–H groups in total. The summed E-state index contributed by atoms with van der Waals surface area (Å²) in [7, 11) is 0. The minimum Gasteiger partial charge on any atom is -0.287 e. The zero-order valence-corrected chi connectivity index (χ0v) is 20.1. The molecule has 0 unspecified atom stereocenters. The zero-order valence-electron chi connectivity index (χ0n) is 20.1. The molecule has 182 valence electrons. The number of benzene rings is 2. The van der Waals surface area contributed by atoms with E-state index in [0.29, 0.717) is 5.39 Å². The monoisotopic (exact) mass is 462 g/mol. The lowest BCUT2D eigenvalue weighted by Gasteiger charge is -2.38. The molecule has 0 saturated carbocycles. The van der Waals surface area contributed by atoms with Crippen molar-refractivity contribution in [1.29, 1.82) is 0 Å². The van der Waals surface area contributed by atoms with Gasteiger partial charge in [-0.15, -0.1) is 0 Å². The summed E-state index contributed by atoms with van der Waals surface area (Å²) in [6.45, 7) is 5.56. The maximum absolute atomic E-state index is 14.4. The summed E-state index contributed by atoms with van der Waals surface area (Å²) < 4.78 is 43.1. The molecule has 1 heterocycles.